The standard InChI is InChI=1S/C62H88O26/c1-27-17-22-62(74-25-27)28(2)45-43(88-62)24-42-40-16-15-38-23-39(18-20-60(38,12)41(40)19-21-61(42,45)13)83-58-55(51(81-36(10)69)50(80-35(9)68)52(85-58)56(71)72-14)87-59-54(49(79-34(8)67)47(77-32(6)65)44(84-59)26-73-30(4)63)86-57-53(82-37(11)70)48(78-33(7)66)46(29(3)75-57)76-31(5)64/h15,27-29,39-55,57-59H,16-26H2,1-14H3/t27-,28+,29+,39+,40-,41+,42+,43+,44-,45+,46+,47+,48-,49+,50+,51+,52+,53-,54-,55-,57+,58-,59+,60+,61+,62-/m1/s1. The van der Waals surface area contributed by atoms with Crippen molar-refractivity contribution in [1.82, 2.24) is 0 Å². The molecule has 0 radical (unpaired) electrons. The van der Waals surface area contributed by atoms with Gasteiger partial charge in [0.2, 0.25) is 0 Å². The predicted molar refractivity (Wildman–Crippen MR) is 295 cm³/mol. The van der Waals surface area contributed by atoms with Crippen molar-refractivity contribution >= 4 is 53.7 Å². The van der Waals surface area contributed by atoms with Crippen LogP contribution in [0.15, 0.2) is 11.6 Å². The van der Waals surface area contributed by atoms with Gasteiger partial charge in [-0.3, -0.25) is 38.4 Å². The van der Waals surface area contributed by atoms with Gasteiger partial charge < -0.3 is 80.5 Å². The first-order valence-corrected chi connectivity index (χ1v) is 30.8. The van der Waals surface area contributed by atoms with Crippen LogP contribution in [0.4, 0.5) is 0 Å². The third kappa shape index (κ3) is 13.6. The first kappa shape index (κ1) is 67.1. The molecule has 4 aliphatic carbocycles. The molecule has 3 saturated carbocycles. The third-order valence-corrected chi connectivity index (χ3v) is 20.0. The molecule has 88 heavy (non-hydrogen) atoms. The smallest absolute Gasteiger partial charge is 0.339 e. The van der Waals surface area contributed by atoms with Crippen molar-refractivity contribution in [3.05, 3.63) is 11.6 Å². The lowest BCUT2D eigenvalue weighted by Gasteiger charge is -2.58. The van der Waals surface area contributed by atoms with Gasteiger partial charge in [0.1, 0.15) is 12.7 Å². The molecule has 492 valence electrons. The van der Waals surface area contributed by atoms with E-state index in [2.05, 4.69) is 33.8 Å². The van der Waals surface area contributed by atoms with Crippen molar-refractivity contribution in [3.8, 4) is 0 Å². The maximum atomic E-state index is 13.9. The summed E-state index contributed by atoms with van der Waals surface area (Å²) >= 11 is 0. The second-order valence-corrected chi connectivity index (χ2v) is 26.0. The number of ether oxygens (including phenoxy) is 17. The average Bonchev–Trinajstić information content (AvgIpc) is 1.50. The van der Waals surface area contributed by atoms with Gasteiger partial charge in [-0.15, -0.1) is 0 Å². The van der Waals surface area contributed by atoms with Crippen LogP contribution in [-0.4, -0.2) is 184 Å². The Balaban J connectivity index is 1.08. The van der Waals surface area contributed by atoms with Crippen LogP contribution < -0.4 is 0 Å². The zero-order valence-corrected chi connectivity index (χ0v) is 52.7. The van der Waals surface area contributed by atoms with Gasteiger partial charge in [-0.2, -0.15) is 0 Å². The molecule has 0 N–H and O–H groups in total. The number of esters is 9. The number of carbonyl (C=O) groups excluding carboxylic acids is 9. The van der Waals surface area contributed by atoms with Crippen LogP contribution in [-0.2, 0) is 124 Å². The number of fused-ring (bicyclic) bond motifs is 7. The summed E-state index contributed by atoms with van der Waals surface area (Å²) in [5.41, 5.74) is 1.05. The maximum Gasteiger partial charge on any atom is 0.339 e. The number of carbonyl (C=O) groups is 9. The molecular formula is C62H88O26. The summed E-state index contributed by atoms with van der Waals surface area (Å²) in [6, 6.07) is 0. The minimum atomic E-state index is -2.03. The fraction of sp³-hybridized carbons (Fsp3) is 0.823. The van der Waals surface area contributed by atoms with Gasteiger partial charge in [0.05, 0.1) is 32.0 Å². The SMILES string of the molecule is COC(=O)[C@H]1O[C@@H](O[C@H]2CC[C@@]3(C)C(=CC[C@H]4[C@@H]5C[C@@H]6O[C@]7(CC[C@@H](C)CO7)[C@@H](C)[C@@H]6[C@@]5(C)CC[C@@H]43)C2)[C@H](O[C@@H]2O[C@H](COC(C)=O)[C@H](OC(C)=O)[C@H](OC(C)=O)[C@H]2O[C@@H]2O[C@@H](C)[C@H](OC(C)=O)[C@@H](OC(C)=O)[C@H]2OC(C)=O)[C@@H](OC(C)=O)[C@@H]1OC(C)=O. The van der Waals surface area contributed by atoms with E-state index in [1.165, 1.54) is 12.5 Å². The molecule has 0 aromatic carbocycles. The number of methoxy groups -OCH3 is 1. The van der Waals surface area contributed by atoms with Crippen LogP contribution in [0.25, 0.3) is 0 Å². The van der Waals surface area contributed by atoms with E-state index in [1.807, 2.05) is 0 Å². The molecular weight excluding hydrogens is 1160 g/mol. The lowest BCUT2D eigenvalue weighted by molar-refractivity contribution is -0.393. The summed E-state index contributed by atoms with van der Waals surface area (Å²) in [5.74, 6) is -6.49. The van der Waals surface area contributed by atoms with E-state index in [9.17, 15) is 43.2 Å². The molecule has 5 saturated heterocycles. The Morgan fingerprint density at radius 3 is 1.66 bits per heavy atom. The zero-order valence-electron chi connectivity index (χ0n) is 52.7. The molecule has 9 rings (SSSR count). The van der Waals surface area contributed by atoms with Gasteiger partial charge in [-0.25, -0.2) is 4.79 Å². The second kappa shape index (κ2) is 26.8. The molecule has 26 heteroatoms. The topological polar surface area (TPSA) is 311 Å². The first-order chi connectivity index (χ1) is 41.5. The lowest BCUT2D eigenvalue weighted by atomic mass is 9.47. The van der Waals surface area contributed by atoms with E-state index in [0.717, 1.165) is 101 Å². The Kier molecular flexibility index (Phi) is 20.5. The van der Waals surface area contributed by atoms with E-state index in [-0.39, 0.29) is 22.9 Å². The summed E-state index contributed by atoms with van der Waals surface area (Å²) < 4.78 is 104. The highest BCUT2D eigenvalue weighted by molar-refractivity contribution is 5.77. The second-order valence-electron chi connectivity index (χ2n) is 26.0. The number of allylic oxidation sites excluding steroid dienone is 1. The minimum absolute atomic E-state index is 0.0772. The largest absolute Gasteiger partial charge is 0.467 e. The molecule has 0 aromatic rings. The Morgan fingerprint density at radius 1 is 0.557 bits per heavy atom. The van der Waals surface area contributed by atoms with Crippen LogP contribution >= 0.6 is 0 Å². The van der Waals surface area contributed by atoms with Gasteiger partial charge in [0.15, 0.2) is 85.7 Å². The van der Waals surface area contributed by atoms with Gasteiger partial charge in [-0.05, 0) is 98.7 Å². The Hall–Kier alpha value is -5.35. The van der Waals surface area contributed by atoms with E-state index < -0.39 is 164 Å². The normalized spacial score (nSPS) is 43.3. The third-order valence-electron chi connectivity index (χ3n) is 20.0. The summed E-state index contributed by atoms with van der Waals surface area (Å²) in [7, 11) is 1.08. The van der Waals surface area contributed by atoms with Gasteiger partial charge >= 0.3 is 53.7 Å². The van der Waals surface area contributed by atoms with Gasteiger partial charge in [0.25, 0.3) is 0 Å². The predicted octanol–water partition coefficient (Wildman–Crippen LogP) is 4.96. The molecule has 0 unspecified atom stereocenters. The van der Waals surface area contributed by atoms with Crippen molar-refractivity contribution in [1.29, 1.82) is 0 Å². The first-order valence-electron chi connectivity index (χ1n) is 30.8. The van der Waals surface area contributed by atoms with Crippen molar-refractivity contribution in [2.45, 2.75) is 258 Å². The molecule has 1 spiro atoms. The summed E-state index contributed by atoms with van der Waals surface area (Å²) in [4.78, 5) is 117. The summed E-state index contributed by atoms with van der Waals surface area (Å²) in [6.07, 6.45) is -16.7. The summed E-state index contributed by atoms with van der Waals surface area (Å²) in [6.45, 7) is 19.3. The lowest BCUT2D eigenvalue weighted by Crippen LogP contribution is -2.69. The summed E-state index contributed by atoms with van der Waals surface area (Å²) in [5, 5.41) is 0. The molecule has 26 nitrogen and oxygen atoms in total. The Morgan fingerprint density at radius 2 is 1.09 bits per heavy atom. The maximum absolute atomic E-state index is 13.9. The highest BCUT2D eigenvalue weighted by atomic mass is 16.8. The van der Waals surface area contributed by atoms with Crippen LogP contribution in [0.1, 0.15) is 148 Å². The molecule has 0 aromatic heterocycles. The zero-order chi connectivity index (χ0) is 64.1. The molecule has 0 amide bonds. The van der Waals surface area contributed by atoms with E-state index in [4.69, 9.17) is 80.5 Å². The molecule has 0 bridgehead atoms. The molecule has 5 aliphatic heterocycles. The fourth-order valence-corrected chi connectivity index (χ4v) is 16.5. The highest BCUT2D eigenvalue weighted by Gasteiger charge is 2.69. The monoisotopic (exact) mass is 1250 g/mol. The Labute approximate surface area is 512 Å². The van der Waals surface area contributed by atoms with Crippen LogP contribution in [0.5, 0.6) is 0 Å². The number of hydrogen-bond acceptors (Lipinski definition) is 26. The van der Waals surface area contributed by atoms with Crippen LogP contribution in [0, 0.1) is 46.3 Å². The van der Waals surface area contributed by atoms with E-state index in [1.54, 1.807) is 0 Å². The van der Waals surface area contributed by atoms with Gasteiger partial charge in [0, 0.05) is 67.7 Å². The van der Waals surface area contributed by atoms with E-state index in [0.29, 0.717) is 55.5 Å². The van der Waals surface area contributed by atoms with Crippen LogP contribution in [0.2, 0.25) is 0 Å². The average molecular weight is 1250 g/mol. The van der Waals surface area contributed by atoms with E-state index >= 15 is 0 Å². The van der Waals surface area contributed by atoms with Crippen molar-refractivity contribution < 1.29 is 124 Å². The van der Waals surface area contributed by atoms with Crippen LogP contribution in [0.3, 0.4) is 0 Å². The molecule has 8 fully saturated rings. The van der Waals surface area contributed by atoms with Crippen molar-refractivity contribution in [2.75, 3.05) is 20.3 Å². The number of hydrogen-bond donors (Lipinski definition) is 0. The number of rotatable bonds is 16. The van der Waals surface area contributed by atoms with Crippen molar-refractivity contribution in [2.24, 2.45) is 46.3 Å². The quantitative estimate of drug-likeness (QED) is 0.112. The fourth-order valence-electron chi connectivity index (χ4n) is 16.5. The molecule has 5 heterocycles. The molecule has 26 atom stereocenters. The van der Waals surface area contributed by atoms with Crippen molar-refractivity contribution in [3.63, 3.8) is 0 Å². The molecule has 9 aliphatic rings. The minimum Gasteiger partial charge on any atom is -0.467 e. The Bertz CT molecular complexity index is 2670. The highest BCUT2D eigenvalue weighted by Crippen LogP contribution is 2.71. The van der Waals surface area contributed by atoms with Gasteiger partial charge in [-0.1, -0.05) is 39.3 Å².